The molecular weight excluding hydrogens is 520 g/mol. The van der Waals surface area contributed by atoms with E-state index >= 15 is 0 Å². The third kappa shape index (κ3) is 5.45. The number of amides is 3. The van der Waals surface area contributed by atoms with E-state index in [1.807, 2.05) is 52.3 Å². The second-order valence-corrected chi connectivity index (χ2v) is 11.4. The first kappa shape index (κ1) is 27.1. The predicted molar refractivity (Wildman–Crippen MR) is 156 cm³/mol. The number of carbonyl (C=O) groups is 4. The molecule has 2 saturated heterocycles. The summed E-state index contributed by atoms with van der Waals surface area (Å²) in [4.78, 5) is 56.8. The van der Waals surface area contributed by atoms with Gasteiger partial charge in [0.15, 0.2) is 11.5 Å². The van der Waals surface area contributed by atoms with Gasteiger partial charge in [-0.2, -0.15) is 0 Å². The topological polar surface area (TPSA) is 112 Å². The van der Waals surface area contributed by atoms with Crippen LogP contribution in [-0.2, 0) is 14.4 Å². The Labute approximate surface area is 239 Å². The lowest BCUT2D eigenvalue weighted by Gasteiger charge is -2.39. The summed E-state index contributed by atoms with van der Waals surface area (Å²) in [5.41, 5.74) is 1.22. The number of piperidine rings is 2. The molecule has 214 valence electrons. The van der Waals surface area contributed by atoms with Crippen molar-refractivity contribution in [2.45, 2.75) is 69.4 Å². The van der Waals surface area contributed by atoms with Crippen molar-refractivity contribution < 1.29 is 23.6 Å². The molecule has 2 N–H and O–H groups in total. The lowest BCUT2D eigenvalue weighted by atomic mass is 9.80. The van der Waals surface area contributed by atoms with E-state index in [9.17, 15) is 19.2 Å². The van der Waals surface area contributed by atoms with Gasteiger partial charge in [-0.05, 0) is 56.4 Å². The predicted octanol–water partition coefficient (Wildman–Crippen LogP) is 4.35. The lowest BCUT2D eigenvalue weighted by molar-refractivity contribution is -0.133. The first-order valence-electron chi connectivity index (χ1n) is 14.7. The summed E-state index contributed by atoms with van der Waals surface area (Å²) in [7, 11) is 0. The number of carbonyl (C=O) groups excluding carboxylic acids is 4. The Morgan fingerprint density at radius 2 is 1.63 bits per heavy atom. The number of benzene rings is 2. The van der Waals surface area contributed by atoms with Gasteiger partial charge in [0.25, 0.3) is 5.91 Å². The minimum absolute atomic E-state index is 0.0843. The highest BCUT2D eigenvalue weighted by molar-refractivity contribution is 6.02. The molecule has 9 heteroatoms. The molecule has 1 atom stereocenters. The van der Waals surface area contributed by atoms with Crippen LogP contribution in [0.5, 0.6) is 0 Å². The van der Waals surface area contributed by atoms with E-state index in [4.69, 9.17) is 4.42 Å². The van der Waals surface area contributed by atoms with Crippen LogP contribution in [0.3, 0.4) is 0 Å². The smallest absolute Gasteiger partial charge is 0.287 e. The van der Waals surface area contributed by atoms with Crippen molar-refractivity contribution in [2.24, 2.45) is 0 Å². The summed E-state index contributed by atoms with van der Waals surface area (Å²) in [5, 5.41) is 6.81. The van der Waals surface area contributed by atoms with Crippen LogP contribution in [0, 0.1) is 0 Å². The summed E-state index contributed by atoms with van der Waals surface area (Å²) in [6, 6.07) is 16.2. The molecule has 2 aliphatic heterocycles. The van der Waals surface area contributed by atoms with Gasteiger partial charge < -0.3 is 24.9 Å². The minimum atomic E-state index is -1.09. The normalized spacial score (nSPS) is 21.1. The summed E-state index contributed by atoms with van der Waals surface area (Å²) in [6.07, 6.45) is 6.48. The quantitative estimate of drug-likeness (QED) is 0.467. The molecule has 2 aromatic carbocycles. The van der Waals surface area contributed by atoms with Crippen molar-refractivity contribution in [1.29, 1.82) is 0 Å². The summed E-state index contributed by atoms with van der Waals surface area (Å²) in [5.74, 6) is -0.547. The van der Waals surface area contributed by atoms with E-state index in [-0.39, 0.29) is 29.9 Å². The van der Waals surface area contributed by atoms with Crippen LogP contribution in [0.2, 0.25) is 0 Å². The van der Waals surface area contributed by atoms with E-state index in [0.717, 1.165) is 48.9 Å². The fraction of sp³-hybridized carbons (Fsp3) is 0.438. The van der Waals surface area contributed by atoms with Gasteiger partial charge in [-0.1, -0.05) is 49.6 Å². The Morgan fingerprint density at radius 3 is 2.39 bits per heavy atom. The number of hydrogen-bond acceptors (Lipinski definition) is 6. The molecule has 41 heavy (non-hydrogen) atoms. The number of Topliss-reactive ketones (excluding diaryl/α,β-unsaturated/α-hetero) is 1. The van der Waals surface area contributed by atoms with E-state index in [1.54, 1.807) is 12.1 Å². The maximum atomic E-state index is 13.8. The van der Waals surface area contributed by atoms with Gasteiger partial charge in [-0.25, -0.2) is 0 Å². The number of anilines is 2. The van der Waals surface area contributed by atoms with Crippen LogP contribution in [0.25, 0.3) is 11.0 Å². The van der Waals surface area contributed by atoms with Crippen molar-refractivity contribution in [3.8, 4) is 0 Å². The number of ketones is 1. The number of nitrogens with zero attached hydrogens (tertiary/aromatic N) is 2. The molecule has 0 spiro atoms. The van der Waals surface area contributed by atoms with Gasteiger partial charge in [-0.15, -0.1) is 0 Å². The molecule has 3 amide bonds. The van der Waals surface area contributed by atoms with Crippen molar-refractivity contribution >= 4 is 45.8 Å². The van der Waals surface area contributed by atoms with Crippen LogP contribution in [0.1, 0.15) is 68.3 Å². The second-order valence-electron chi connectivity index (χ2n) is 11.4. The number of rotatable bonds is 6. The number of furan rings is 1. The average Bonchev–Trinajstić information content (AvgIpc) is 3.44. The SMILES string of the molecule is O=C(NC1(C(=O)NC2CCN(c3ccccc3N3CCCCC3=O)CC2=O)CCCCC1)c1cc2ccccc2o1. The first-order valence-corrected chi connectivity index (χ1v) is 14.7. The number of para-hydroxylation sites is 3. The highest BCUT2D eigenvalue weighted by Crippen LogP contribution is 2.34. The Morgan fingerprint density at radius 1 is 0.878 bits per heavy atom. The minimum Gasteiger partial charge on any atom is -0.451 e. The molecular formula is C32H36N4O5. The molecule has 1 unspecified atom stereocenters. The van der Waals surface area contributed by atoms with Gasteiger partial charge >= 0.3 is 0 Å². The molecule has 1 saturated carbocycles. The third-order valence-electron chi connectivity index (χ3n) is 8.71. The zero-order valence-corrected chi connectivity index (χ0v) is 23.2. The Balaban J connectivity index is 1.14. The monoisotopic (exact) mass is 556 g/mol. The van der Waals surface area contributed by atoms with Crippen LogP contribution in [-0.4, -0.2) is 54.7 Å². The van der Waals surface area contributed by atoms with E-state index in [2.05, 4.69) is 10.6 Å². The van der Waals surface area contributed by atoms with Gasteiger partial charge in [0.2, 0.25) is 11.8 Å². The summed E-state index contributed by atoms with van der Waals surface area (Å²) in [6.45, 7) is 1.38. The molecule has 9 nitrogen and oxygen atoms in total. The van der Waals surface area contributed by atoms with E-state index in [1.165, 1.54) is 0 Å². The van der Waals surface area contributed by atoms with Crippen LogP contribution < -0.4 is 20.4 Å². The molecule has 3 aliphatic rings. The average molecular weight is 557 g/mol. The van der Waals surface area contributed by atoms with Crippen molar-refractivity contribution in [1.82, 2.24) is 10.6 Å². The standard InChI is InChI=1S/C32H36N4O5/c37-26-21-35(24-11-3-4-12-25(24)36-18-9-6-14-29(36)38)19-15-23(26)33-31(40)32(16-7-1-8-17-32)34-30(39)28-20-22-10-2-5-13-27(22)41-28/h2-5,10-13,20,23H,1,6-9,14-19,21H2,(H,33,40)(H,34,39). The van der Waals surface area contributed by atoms with E-state index in [0.29, 0.717) is 44.4 Å². The van der Waals surface area contributed by atoms with Gasteiger partial charge in [-0.3, -0.25) is 19.2 Å². The third-order valence-corrected chi connectivity index (χ3v) is 8.71. The molecule has 1 aromatic heterocycles. The second kappa shape index (κ2) is 11.4. The van der Waals surface area contributed by atoms with Crippen LogP contribution in [0.15, 0.2) is 59.0 Å². The number of nitrogens with one attached hydrogen (secondary N) is 2. The maximum Gasteiger partial charge on any atom is 0.287 e. The van der Waals surface area contributed by atoms with Gasteiger partial charge in [0.05, 0.1) is 24.0 Å². The number of hydrogen-bond donors (Lipinski definition) is 2. The van der Waals surface area contributed by atoms with Crippen molar-refractivity contribution in [3.63, 3.8) is 0 Å². The fourth-order valence-electron chi connectivity index (χ4n) is 6.44. The van der Waals surface area contributed by atoms with Gasteiger partial charge in [0, 0.05) is 24.9 Å². The van der Waals surface area contributed by atoms with E-state index < -0.39 is 17.5 Å². The molecule has 3 aromatic rings. The van der Waals surface area contributed by atoms with Crippen LogP contribution >= 0.6 is 0 Å². The molecule has 0 bridgehead atoms. The maximum absolute atomic E-state index is 13.8. The van der Waals surface area contributed by atoms with Crippen molar-refractivity contribution in [2.75, 3.05) is 29.4 Å². The molecule has 6 rings (SSSR count). The lowest BCUT2D eigenvalue weighted by Crippen LogP contribution is -2.63. The van der Waals surface area contributed by atoms with Gasteiger partial charge in [0.1, 0.15) is 11.1 Å². The van der Waals surface area contributed by atoms with Crippen molar-refractivity contribution in [3.05, 3.63) is 60.4 Å². The molecule has 3 heterocycles. The number of fused-ring (bicyclic) bond motifs is 1. The highest BCUT2D eigenvalue weighted by atomic mass is 16.3. The zero-order chi connectivity index (χ0) is 28.4. The van der Waals surface area contributed by atoms with Crippen LogP contribution in [0.4, 0.5) is 11.4 Å². The molecule has 3 fully saturated rings. The highest BCUT2D eigenvalue weighted by Gasteiger charge is 2.43. The Bertz CT molecular complexity index is 1440. The molecule has 0 radical (unpaired) electrons. The first-order chi connectivity index (χ1) is 19.9. The zero-order valence-electron chi connectivity index (χ0n) is 23.2. The summed E-state index contributed by atoms with van der Waals surface area (Å²) >= 11 is 0. The molecule has 1 aliphatic carbocycles. The fourth-order valence-corrected chi connectivity index (χ4v) is 6.44. The summed E-state index contributed by atoms with van der Waals surface area (Å²) < 4.78 is 5.75. The Kier molecular flexibility index (Phi) is 7.51. The Hall–Kier alpha value is -4.14. The largest absolute Gasteiger partial charge is 0.451 e.